The van der Waals surface area contributed by atoms with Crippen molar-refractivity contribution in [1.29, 1.82) is 0 Å². The molecule has 1 aromatic rings. The van der Waals surface area contributed by atoms with E-state index in [9.17, 15) is 0 Å². The summed E-state index contributed by atoms with van der Waals surface area (Å²) in [6, 6.07) is 4.38. The first-order chi connectivity index (χ1) is 7.42. The summed E-state index contributed by atoms with van der Waals surface area (Å²) in [6.45, 7) is 0. The van der Waals surface area contributed by atoms with Gasteiger partial charge in [0, 0.05) is 11.1 Å². The number of hydrogen-bond acceptors (Lipinski definition) is 1. The molecule has 1 heterocycles. The summed E-state index contributed by atoms with van der Waals surface area (Å²) < 4.78 is 5.76. The van der Waals surface area contributed by atoms with Crippen LogP contribution in [0.5, 0.6) is 5.75 Å². The van der Waals surface area contributed by atoms with Crippen LogP contribution in [0.4, 0.5) is 0 Å². The minimum Gasteiger partial charge on any atom is -0.456 e. The molecule has 4 rings (SSSR count). The fourth-order valence-corrected chi connectivity index (χ4v) is 2.66. The number of hydrogen-bond donors (Lipinski definition) is 0. The average molecular weight is 196 g/mol. The molecule has 0 aromatic heterocycles. The van der Waals surface area contributed by atoms with Crippen LogP contribution in [0, 0.1) is 0 Å². The third-order valence-corrected chi connectivity index (χ3v) is 3.54. The molecule has 0 N–H and O–H groups in total. The molecule has 0 radical (unpaired) electrons. The summed E-state index contributed by atoms with van der Waals surface area (Å²) in [7, 11) is 0. The highest BCUT2D eigenvalue weighted by Crippen LogP contribution is 2.43. The Morgan fingerprint density at radius 3 is 2.93 bits per heavy atom. The number of allylic oxidation sites excluding steroid dienone is 2. The number of aryl methyl sites for hydroxylation is 1. The maximum Gasteiger partial charge on any atom is 0.135 e. The maximum atomic E-state index is 5.76. The van der Waals surface area contributed by atoms with E-state index >= 15 is 0 Å². The Balaban J connectivity index is 1.95. The molecule has 0 fully saturated rings. The molecule has 74 valence electrons. The smallest absolute Gasteiger partial charge is 0.135 e. The molecular weight excluding hydrogens is 184 g/mol. The summed E-state index contributed by atoms with van der Waals surface area (Å²) >= 11 is 0. The molecule has 0 amide bonds. The molecule has 1 heteroatoms. The highest BCUT2D eigenvalue weighted by molar-refractivity contribution is 5.79. The number of ether oxygens (including phenoxy) is 1. The second-order valence-electron chi connectivity index (χ2n) is 4.53. The second-order valence-corrected chi connectivity index (χ2v) is 4.53. The molecular formula is C14H12O. The van der Waals surface area contributed by atoms with E-state index in [0.717, 1.165) is 11.5 Å². The third kappa shape index (κ3) is 1.03. The van der Waals surface area contributed by atoms with Crippen LogP contribution in [-0.4, -0.2) is 0 Å². The van der Waals surface area contributed by atoms with Gasteiger partial charge in [-0.1, -0.05) is 6.07 Å². The lowest BCUT2D eigenvalue weighted by Crippen LogP contribution is -2.07. The lowest BCUT2D eigenvalue weighted by Gasteiger charge is -2.21. The first kappa shape index (κ1) is 7.75. The van der Waals surface area contributed by atoms with Crippen LogP contribution < -0.4 is 4.74 Å². The minimum atomic E-state index is 1.06. The predicted octanol–water partition coefficient (Wildman–Crippen LogP) is 3.24. The van der Waals surface area contributed by atoms with Gasteiger partial charge < -0.3 is 4.74 Å². The van der Waals surface area contributed by atoms with Crippen molar-refractivity contribution in [2.45, 2.75) is 25.7 Å². The first-order valence-electron chi connectivity index (χ1n) is 5.68. The van der Waals surface area contributed by atoms with Crippen molar-refractivity contribution in [3.63, 3.8) is 0 Å². The zero-order valence-electron chi connectivity index (χ0n) is 8.55. The van der Waals surface area contributed by atoms with Crippen molar-refractivity contribution in [2.75, 3.05) is 0 Å². The van der Waals surface area contributed by atoms with Crippen molar-refractivity contribution in [3.05, 3.63) is 46.2 Å². The third-order valence-electron chi connectivity index (χ3n) is 3.54. The molecule has 0 unspecified atom stereocenters. The minimum absolute atomic E-state index is 1.06. The van der Waals surface area contributed by atoms with Crippen molar-refractivity contribution >= 4 is 6.08 Å². The summed E-state index contributed by atoms with van der Waals surface area (Å²) in [6.07, 6.45) is 9.53. The summed E-state index contributed by atoms with van der Waals surface area (Å²) in [5.74, 6) is 2.13. The van der Waals surface area contributed by atoms with E-state index in [-0.39, 0.29) is 0 Å². The molecule has 1 nitrogen and oxygen atoms in total. The van der Waals surface area contributed by atoms with E-state index in [1.807, 2.05) is 0 Å². The Hall–Kier alpha value is -1.50. The molecule has 15 heavy (non-hydrogen) atoms. The van der Waals surface area contributed by atoms with Crippen molar-refractivity contribution in [2.24, 2.45) is 0 Å². The summed E-state index contributed by atoms with van der Waals surface area (Å²) in [5.41, 5.74) is 5.70. The number of rotatable bonds is 0. The standard InChI is InChI=1S/C14H12O/c1-2-4-11-9(3-1)5-6-13-12(11)7-10-8-14(10)15-13/h5-8H,1-4H2. The lowest BCUT2D eigenvalue weighted by molar-refractivity contribution is 0.453. The van der Waals surface area contributed by atoms with E-state index in [1.54, 1.807) is 0 Å². The molecule has 2 aliphatic carbocycles. The van der Waals surface area contributed by atoms with Crippen LogP contribution in [0.3, 0.4) is 0 Å². The largest absolute Gasteiger partial charge is 0.456 e. The number of fused-ring (bicyclic) bond motifs is 4. The Labute approximate surface area is 89.1 Å². The second kappa shape index (κ2) is 2.54. The molecule has 0 saturated carbocycles. The van der Waals surface area contributed by atoms with E-state index < -0.39 is 0 Å². The normalized spacial score (nSPS) is 20.3. The van der Waals surface area contributed by atoms with Gasteiger partial charge >= 0.3 is 0 Å². The quantitative estimate of drug-likeness (QED) is 0.619. The molecule has 1 aromatic carbocycles. The van der Waals surface area contributed by atoms with Crippen molar-refractivity contribution in [1.82, 2.24) is 0 Å². The first-order valence-corrected chi connectivity index (χ1v) is 5.68. The van der Waals surface area contributed by atoms with Crippen LogP contribution in [0.15, 0.2) is 29.5 Å². The lowest BCUT2D eigenvalue weighted by atomic mass is 9.87. The zero-order chi connectivity index (χ0) is 9.83. The fourth-order valence-electron chi connectivity index (χ4n) is 2.66. The Morgan fingerprint density at radius 1 is 1.00 bits per heavy atom. The van der Waals surface area contributed by atoms with E-state index in [0.29, 0.717) is 0 Å². The SMILES string of the molecule is C1=C2C=C2Oc2ccc3c(c21)CCCC3. The average Bonchev–Trinajstić information content (AvgIpc) is 3.04. The molecule has 0 atom stereocenters. The molecule has 0 spiro atoms. The summed E-state index contributed by atoms with van der Waals surface area (Å²) in [5, 5.41) is 0. The topological polar surface area (TPSA) is 9.23 Å². The van der Waals surface area contributed by atoms with Gasteiger partial charge in [-0.2, -0.15) is 0 Å². The molecule has 0 bridgehead atoms. The molecule has 1 aliphatic heterocycles. The summed E-state index contributed by atoms with van der Waals surface area (Å²) in [4.78, 5) is 0. The highest BCUT2D eigenvalue weighted by Gasteiger charge is 2.27. The van der Waals surface area contributed by atoms with Gasteiger partial charge in [0.15, 0.2) is 0 Å². The van der Waals surface area contributed by atoms with Crippen LogP contribution in [-0.2, 0) is 12.8 Å². The van der Waals surface area contributed by atoms with Gasteiger partial charge in [0.2, 0.25) is 0 Å². The van der Waals surface area contributed by atoms with Crippen LogP contribution in [0.2, 0.25) is 0 Å². The number of benzene rings is 1. The monoisotopic (exact) mass is 196 g/mol. The van der Waals surface area contributed by atoms with Crippen LogP contribution in [0.25, 0.3) is 6.08 Å². The fraction of sp³-hybridized carbons (Fsp3) is 0.286. The zero-order valence-corrected chi connectivity index (χ0v) is 8.55. The van der Waals surface area contributed by atoms with Crippen LogP contribution >= 0.6 is 0 Å². The molecule has 0 saturated heterocycles. The molecule has 3 aliphatic rings. The van der Waals surface area contributed by atoms with Crippen molar-refractivity contribution < 1.29 is 4.74 Å². The Bertz CT molecular complexity index is 520. The van der Waals surface area contributed by atoms with Gasteiger partial charge in [-0.05, 0) is 55.0 Å². The Kier molecular flexibility index (Phi) is 1.31. The van der Waals surface area contributed by atoms with Crippen LogP contribution in [0.1, 0.15) is 29.5 Å². The van der Waals surface area contributed by atoms with Gasteiger partial charge in [-0.15, -0.1) is 0 Å². The maximum absolute atomic E-state index is 5.76. The van der Waals surface area contributed by atoms with Gasteiger partial charge in [-0.25, -0.2) is 0 Å². The van der Waals surface area contributed by atoms with Gasteiger partial charge in [0.1, 0.15) is 11.5 Å². The van der Waals surface area contributed by atoms with Gasteiger partial charge in [-0.3, -0.25) is 0 Å². The van der Waals surface area contributed by atoms with Gasteiger partial charge in [0.25, 0.3) is 0 Å². The Morgan fingerprint density at radius 2 is 1.93 bits per heavy atom. The van der Waals surface area contributed by atoms with Gasteiger partial charge in [0.05, 0.1) is 0 Å². The highest BCUT2D eigenvalue weighted by atomic mass is 16.5. The van der Waals surface area contributed by atoms with Crippen molar-refractivity contribution in [3.8, 4) is 5.75 Å². The van der Waals surface area contributed by atoms with E-state index in [2.05, 4.69) is 24.3 Å². The van der Waals surface area contributed by atoms with E-state index in [1.165, 1.54) is 47.9 Å². The van der Waals surface area contributed by atoms with E-state index in [4.69, 9.17) is 4.74 Å². The predicted molar refractivity (Wildman–Crippen MR) is 59.8 cm³/mol.